The van der Waals surface area contributed by atoms with Crippen LogP contribution in [0.25, 0.3) is 0 Å². The van der Waals surface area contributed by atoms with E-state index in [1.807, 2.05) is 0 Å². The minimum absolute atomic E-state index is 0.212. The molecule has 1 aliphatic carbocycles. The number of carbonyl (C=O) groups is 1. The van der Waals surface area contributed by atoms with Gasteiger partial charge in [0.2, 0.25) is 0 Å². The molecule has 2 nitrogen and oxygen atoms in total. The molecule has 1 fully saturated rings. The van der Waals surface area contributed by atoms with E-state index in [1.54, 1.807) is 12.1 Å². The molecule has 3 heteroatoms. The van der Waals surface area contributed by atoms with E-state index in [0.29, 0.717) is 5.92 Å². The van der Waals surface area contributed by atoms with Gasteiger partial charge in [0.05, 0.1) is 13.0 Å². The Hall–Kier alpha value is -1.38. The Bertz CT molecular complexity index is 354. The third kappa shape index (κ3) is 2.17. The molecule has 2 rings (SSSR count). The number of hydrogen-bond acceptors (Lipinski definition) is 2. The molecule has 0 heterocycles. The Kier molecular flexibility index (Phi) is 2.71. The summed E-state index contributed by atoms with van der Waals surface area (Å²) in [6, 6.07) is 6.09. The summed E-state index contributed by atoms with van der Waals surface area (Å²) < 4.78 is 17.5. The van der Waals surface area contributed by atoms with Crippen LogP contribution in [0.1, 0.15) is 24.3 Å². The van der Waals surface area contributed by atoms with Gasteiger partial charge in [-0.1, -0.05) is 12.1 Å². The molecular formula is C12H13FO2. The van der Waals surface area contributed by atoms with Crippen LogP contribution >= 0.6 is 0 Å². The topological polar surface area (TPSA) is 26.3 Å². The lowest BCUT2D eigenvalue weighted by Crippen LogP contribution is -2.16. The van der Waals surface area contributed by atoms with Crippen molar-refractivity contribution in [3.05, 3.63) is 35.6 Å². The third-order valence-corrected chi connectivity index (χ3v) is 2.78. The van der Waals surface area contributed by atoms with E-state index < -0.39 is 0 Å². The van der Waals surface area contributed by atoms with Gasteiger partial charge in [0.25, 0.3) is 0 Å². The van der Waals surface area contributed by atoms with E-state index in [2.05, 4.69) is 0 Å². The number of hydrogen-bond donors (Lipinski definition) is 0. The van der Waals surface area contributed by atoms with E-state index >= 15 is 0 Å². The molecule has 1 aromatic carbocycles. The quantitative estimate of drug-likeness (QED) is 0.713. The smallest absolute Gasteiger partial charge is 0.313 e. The summed E-state index contributed by atoms with van der Waals surface area (Å²) in [6.07, 6.45) is 2.11. The van der Waals surface area contributed by atoms with Gasteiger partial charge in [-0.2, -0.15) is 0 Å². The van der Waals surface area contributed by atoms with Crippen LogP contribution in [-0.4, -0.2) is 13.1 Å². The maximum atomic E-state index is 12.7. The van der Waals surface area contributed by atoms with Crippen molar-refractivity contribution in [2.75, 3.05) is 7.11 Å². The molecule has 0 spiro atoms. The fourth-order valence-corrected chi connectivity index (χ4v) is 1.83. The molecule has 1 unspecified atom stereocenters. The first-order chi connectivity index (χ1) is 7.22. The van der Waals surface area contributed by atoms with Crippen molar-refractivity contribution in [2.45, 2.75) is 18.8 Å². The van der Waals surface area contributed by atoms with Crippen LogP contribution < -0.4 is 0 Å². The Balaban J connectivity index is 2.24. The first-order valence-electron chi connectivity index (χ1n) is 5.05. The SMILES string of the molecule is COC(=O)C(c1ccc(F)cc1)C1CC1. The lowest BCUT2D eigenvalue weighted by molar-refractivity contribution is -0.143. The summed E-state index contributed by atoms with van der Waals surface area (Å²) in [6.45, 7) is 0. The Labute approximate surface area is 88.1 Å². The van der Waals surface area contributed by atoms with Crippen LogP contribution in [0, 0.1) is 11.7 Å². The van der Waals surface area contributed by atoms with Crippen molar-refractivity contribution in [1.82, 2.24) is 0 Å². The zero-order valence-corrected chi connectivity index (χ0v) is 8.57. The fourth-order valence-electron chi connectivity index (χ4n) is 1.83. The number of methoxy groups -OCH3 is 1. The first kappa shape index (κ1) is 10.1. The molecule has 0 amide bonds. The standard InChI is InChI=1S/C12H13FO2/c1-15-12(14)11(8-2-3-8)9-4-6-10(13)7-5-9/h4-8,11H,2-3H2,1H3. The first-order valence-corrected chi connectivity index (χ1v) is 5.05. The monoisotopic (exact) mass is 208 g/mol. The molecule has 0 radical (unpaired) electrons. The van der Waals surface area contributed by atoms with Gasteiger partial charge in [-0.3, -0.25) is 4.79 Å². The van der Waals surface area contributed by atoms with Crippen LogP contribution in [0.5, 0.6) is 0 Å². The second kappa shape index (κ2) is 4.01. The molecule has 1 aromatic rings. The summed E-state index contributed by atoms with van der Waals surface area (Å²) >= 11 is 0. The molecule has 15 heavy (non-hydrogen) atoms. The van der Waals surface area contributed by atoms with Gasteiger partial charge >= 0.3 is 5.97 Å². The molecule has 1 atom stereocenters. The minimum Gasteiger partial charge on any atom is -0.469 e. The van der Waals surface area contributed by atoms with Gasteiger partial charge in [0.15, 0.2) is 0 Å². The predicted molar refractivity (Wildman–Crippen MR) is 53.9 cm³/mol. The number of halogens is 1. The summed E-state index contributed by atoms with van der Waals surface area (Å²) in [7, 11) is 1.39. The fraction of sp³-hybridized carbons (Fsp3) is 0.417. The van der Waals surface area contributed by atoms with Crippen molar-refractivity contribution in [1.29, 1.82) is 0 Å². The number of benzene rings is 1. The molecule has 0 saturated heterocycles. The molecule has 0 N–H and O–H groups in total. The second-order valence-electron chi connectivity index (χ2n) is 3.89. The van der Waals surface area contributed by atoms with Crippen molar-refractivity contribution in [2.24, 2.45) is 5.92 Å². The second-order valence-corrected chi connectivity index (χ2v) is 3.89. The van der Waals surface area contributed by atoms with Gasteiger partial charge in [0.1, 0.15) is 5.82 Å². The van der Waals surface area contributed by atoms with Gasteiger partial charge in [-0.15, -0.1) is 0 Å². The van der Waals surface area contributed by atoms with Crippen molar-refractivity contribution in [3.8, 4) is 0 Å². The molecular weight excluding hydrogens is 195 g/mol. The zero-order chi connectivity index (χ0) is 10.8. The molecule has 80 valence electrons. The van der Waals surface area contributed by atoms with E-state index in [-0.39, 0.29) is 17.7 Å². The lowest BCUT2D eigenvalue weighted by atomic mass is 9.94. The number of ether oxygens (including phenoxy) is 1. The third-order valence-electron chi connectivity index (χ3n) is 2.78. The highest BCUT2D eigenvalue weighted by Crippen LogP contribution is 2.43. The summed E-state index contributed by atoms with van der Waals surface area (Å²) in [5.41, 5.74) is 0.853. The van der Waals surface area contributed by atoms with Crippen molar-refractivity contribution < 1.29 is 13.9 Å². The van der Waals surface area contributed by atoms with Gasteiger partial charge < -0.3 is 4.74 Å². The predicted octanol–water partition coefficient (Wildman–Crippen LogP) is 2.49. The van der Waals surface area contributed by atoms with Crippen LogP contribution in [0.3, 0.4) is 0 Å². The summed E-state index contributed by atoms with van der Waals surface area (Å²) in [5.74, 6) is -0.333. The molecule has 1 aliphatic rings. The van der Waals surface area contributed by atoms with E-state index in [4.69, 9.17) is 4.74 Å². The lowest BCUT2D eigenvalue weighted by Gasteiger charge is -2.13. The normalized spacial score (nSPS) is 17.2. The highest BCUT2D eigenvalue weighted by molar-refractivity contribution is 5.78. The number of esters is 1. The van der Waals surface area contributed by atoms with E-state index in [9.17, 15) is 9.18 Å². The Morgan fingerprint density at radius 2 is 2.00 bits per heavy atom. The van der Waals surface area contributed by atoms with Crippen molar-refractivity contribution >= 4 is 5.97 Å². The average Bonchev–Trinajstić information content (AvgIpc) is 3.05. The Morgan fingerprint density at radius 3 is 2.47 bits per heavy atom. The van der Waals surface area contributed by atoms with Crippen LogP contribution in [0.2, 0.25) is 0 Å². The highest BCUT2D eigenvalue weighted by Gasteiger charge is 2.37. The number of carbonyl (C=O) groups excluding carboxylic acids is 1. The number of rotatable bonds is 3. The van der Waals surface area contributed by atoms with E-state index in [0.717, 1.165) is 18.4 Å². The minimum atomic E-state index is -0.279. The van der Waals surface area contributed by atoms with Gasteiger partial charge in [-0.05, 0) is 36.5 Å². The Morgan fingerprint density at radius 1 is 1.40 bits per heavy atom. The van der Waals surface area contributed by atoms with Crippen LogP contribution in [0.15, 0.2) is 24.3 Å². The maximum Gasteiger partial charge on any atom is 0.313 e. The van der Waals surface area contributed by atoms with Crippen molar-refractivity contribution in [3.63, 3.8) is 0 Å². The molecule has 0 aliphatic heterocycles. The molecule has 0 aromatic heterocycles. The molecule has 1 saturated carbocycles. The molecule has 0 bridgehead atoms. The maximum absolute atomic E-state index is 12.7. The van der Waals surface area contributed by atoms with Crippen LogP contribution in [0.4, 0.5) is 4.39 Å². The van der Waals surface area contributed by atoms with Gasteiger partial charge in [-0.25, -0.2) is 4.39 Å². The zero-order valence-electron chi connectivity index (χ0n) is 8.57. The van der Waals surface area contributed by atoms with E-state index in [1.165, 1.54) is 19.2 Å². The summed E-state index contributed by atoms with van der Waals surface area (Å²) in [4.78, 5) is 11.6. The summed E-state index contributed by atoms with van der Waals surface area (Å²) in [5, 5.41) is 0. The van der Waals surface area contributed by atoms with Crippen LogP contribution in [-0.2, 0) is 9.53 Å². The highest BCUT2D eigenvalue weighted by atomic mass is 19.1. The average molecular weight is 208 g/mol. The largest absolute Gasteiger partial charge is 0.469 e. The van der Waals surface area contributed by atoms with Gasteiger partial charge in [0, 0.05) is 0 Å².